The van der Waals surface area contributed by atoms with Gasteiger partial charge in [-0.3, -0.25) is 9.59 Å². The van der Waals surface area contributed by atoms with Crippen LogP contribution in [0.3, 0.4) is 0 Å². The Labute approximate surface area is 231 Å². The van der Waals surface area contributed by atoms with Crippen LogP contribution in [0, 0.1) is 6.92 Å². The number of para-hydroxylation sites is 1. The summed E-state index contributed by atoms with van der Waals surface area (Å²) in [5, 5.41) is 6.36. The Morgan fingerprint density at radius 3 is 2.58 bits per heavy atom. The molecule has 1 aromatic heterocycles. The van der Waals surface area contributed by atoms with Crippen molar-refractivity contribution >= 4 is 40.4 Å². The first-order chi connectivity index (χ1) is 18.5. The topological polar surface area (TPSA) is 71.5 Å². The molecular formula is C30H28ClN3O3S. The molecule has 0 radical (unpaired) electrons. The van der Waals surface area contributed by atoms with Crippen molar-refractivity contribution in [2.75, 3.05) is 25.0 Å². The number of nitrogens with one attached hydrogen (secondary N) is 1. The molecule has 4 aromatic rings. The molecule has 194 valence electrons. The SMILES string of the molecule is Cc1ccc(-c2ccccc2NC(=O)c2csc(C3CCN(C(=O)COc4cccc(Cl)c4)CC3)n2)cc1. The third kappa shape index (κ3) is 6.23. The van der Waals surface area contributed by atoms with Crippen LogP contribution in [0.5, 0.6) is 5.75 Å². The molecule has 0 atom stereocenters. The van der Waals surface area contributed by atoms with Crippen molar-refractivity contribution in [2.24, 2.45) is 0 Å². The van der Waals surface area contributed by atoms with Gasteiger partial charge in [0.1, 0.15) is 11.4 Å². The van der Waals surface area contributed by atoms with Crippen molar-refractivity contribution in [3.8, 4) is 16.9 Å². The Hall–Kier alpha value is -3.68. The lowest BCUT2D eigenvalue weighted by Gasteiger charge is -2.31. The number of benzene rings is 3. The highest BCUT2D eigenvalue weighted by Crippen LogP contribution is 2.32. The van der Waals surface area contributed by atoms with Crippen molar-refractivity contribution in [1.82, 2.24) is 9.88 Å². The highest BCUT2D eigenvalue weighted by atomic mass is 35.5. The molecule has 1 aliphatic heterocycles. The van der Waals surface area contributed by atoms with Crippen molar-refractivity contribution in [3.63, 3.8) is 0 Å². The summed E-state index contributed by atoms with van der Waals surface area (Å²) in [6.07, 6.45) is 1.60. The number of nitrogens with zero attached hydrogens (tertiary/aromatic N) is 2. The fraction of sp³-hybridized carbons (Fsp3) is 0.233. The van der Waals surface area contributed by atoms with E-state index in [-0.39, 0.29) is 24.3 Å². The van der Waals surface area contributed by atoms with Crippen molar-refractivity contribution < 1.29 is 14.3 Å². The lowest BCUT2D eigenvalue weighted by atomic mass is 9.97. The minimum atomic E-state index is -0.224. The first-order valence-electron chi connectivity index (χ1n) is 12.6. The summed E-state index contributed by atoms with van der Waals surface area (Å²) >= 11 is 7.48. The highest BCUT2D eigenvalue weighted by molar-refractivity contribution is 7.10. The number of anilines is 1. The molecule has 0 saturated carbocycles. The van der Waals surface area contributed by atoms with Crippen LogP contribution in [0.4, 0.5) is 5.69 Å². The number of piperidine rings is 1. The molecule has 0 aliphatic carbocycles. The molecule has 8 heteroatoms. The second kappa shape index (κ2) is 11.8. The molecular weight excluding hydrogens is 518 g/mol. The van der Waals surface area contributed by atoms with Gasteiger partial charge in [0.05, 0.1) is 5.01 Å². The number of carbonyl (C=O) groups excluding carboxylic acids is 2. The number of hydrogen-bond donors (Lipinski definition) is 1. The van der Waals surface area contributed by atoms with Crippen LogP contribution < -0.4 is 10.1 Å². The van der Waals surface area contributed by atoms with Crippen molar-refractivity contribution in [2.45, 2.75) is 25.7 Å². The van der Waals surface area contributed by atoms with Gasteiger partial charge in [-0.2, -0.15) is 0 Å². The highest BCUT2D eigenvalue weighted by Gasteiger charge is 2.26. The molecule has 5 rings (SSSR count). The zero-order chi connectivity index (χ0) is 26.5. The maximum absolute atomic E-state index is 13.1. The summed E-state index contributed by atoms with van der Waals surface area (Å²) in [5.41, 5.74) is 4.36. The van der Waals surface area contributed by atoms with Gasteiger partial charge < -0.3 is 15.0 Å². The lowest BCUT2D eigenvalue weighted by Crippen LogP contribution is -2.40. The number of likely N-dealkylation sites (tertiary alicyclic amines) is 1. The molecule has 1 saturated heterocycles. The number of amides is 2. The standard InChI is InChI=1S/C30H28ClN3O3S/c1-20-9-11-21(12-10-20)25-7-2-3-8-26(25)32-29(36)27-19-38-30(33-27)22-13-15-34(16-14-22)28(35)18-37-24-6-4-5-23(31)17-24/h2-12,17,19,22H,13-16,18H2,1H3,(H,32,36). The molecule has 6 nitrogen and oxygen atoms in total. The van der Waals surface area contributed by atoms with E-state index in [2.05, 4.69) is 41.5 Å². The number of aryl methyl sites for hydroxylation is 1. The van der Waals surface area contributed by atoms with Gasteiger partial charge in [0.2, 0.25) is 0 Å². The Morgan fingerprint density at radius 1 is 1.05 bits per heavy atom. The van der Waals surface area contributed by atoms with Crippen LogP contribution in [-0.4, -0.2) is 41.4 Å². The van der Waals surface area contributed by atoms with Gasteiger partial charge in [-0.1, -0.05) is 65.7 Å². The van der Waals surface area contributed by atoms with E-state index in [1.807, 2.05) is 34.5 Å². The normalized spacial score (nSPS) is 13.8. The molecule has 1 fully saturated rings. The molecule has 0 unspecified atom stereocenters. The molecule has 1 N–H and O–H groups in total. The fourth-order valence-corrected chi connectivity index (χ4v) is 5.66. The molecule has 0 spiro atoms. The second-order valence-electron chi connectivity index (χ2n) is 9.34. The Kier molecular flexibility index (Phi) is 8.05. The van der Waals surface area contributed by atoms with Crippen molar-refractivity contribution in [1.29, 1.82) is 0 Å². The van der Waals surface area contributed by atoms with Crippen LogP contribution >= 0.6 is 22.9 Å². The van der Waals surface area contributed by atoms with Crippen molar-refractivity contribution in [3.05, 3.63) is 99.5 Å². The fourth-order valence-electron chi connectivity index (χ4n) is 4.51. The first-order valence-corrected chi connectivity index (χ1v) is 13.8. The molecule has 2 heterocycles. The minimum absolute atomic E-state index is 0.0172. The van der Waals surface area contributed by atoms with E-state index in [1.54, 1.807) is 24.3 Å². The molecule has 3 aromatic carbocycles. The number of aromatic nitrogens is 1. The largest absolute Gasteiger partial charge is 0.484 e. The summed E-state index contributed by atoms with van der Waals surface area (Å²) in [6.45, 7) is 3.30. The van der Waals surface area contributed by atoms with Gasteiger partial charge in [-0.25, -0.2) is 4.98 Å². The monoisotopic (exact) mass is 545 g/mol. The van der Waals surface area contributed by atoms with Crippen LogP contribution in [0.25, 0.3) is 11.1 Å². The maximum atomic E-state index is 13.1. The predicted molar refractivity (Wildman–Crippen MR) is 152 cm³/mol. The average Bonchev–Trinajstić information content (AvgIpc) is 3.43. The molecule has 0 bridgehead atoms. The zero-order valence-corrected chi connectivity index (χ0v) is 22.6. The van der Waals surface area contributed by atoms with E-state index in [4.69, 9.17) is 16.3 Å². The first kappa shape index (κ1) is 25.9. The van der Waals surface area contributed by atoms with E-state index < -0.39 is 0 Å². The lowest BCUT2D eigenvalue weighted by molar-refractivity contribution is -0.134. The van der Waals surface area contributed by atoms with E-state index in [9.17, 15) is 9.59 Å². The number of carbonyl (C=O) groups is 2. The van der Waals surface area contributed by atoms with E-state index in [0.29, 0.717) is 29.6 Å². The summed E-state index contributed by atoms with van der Waals surface area (Å²) in [6, 6.07) is 23.0. The van der Waals surface area contributed by atoms with E-state index in [0.717, 1.165) is 34.7 Å². The van der Waals surface area contributed by atoms with E-state index >= 15 is 0 Å². The Balaban J connectivity index is 1.16. The number of thiazole rings is 1. The minimum Gasteiger partial charge on any atom is -0.484 e. The van der Waals surface area contributed by atoms with Gasteiger partial charge in [-0.15, -0.1) is 11.3 Å². The average molecular weight is 546 g/mol. The number of hydrogen-bond acceptors (Lipinski definition) is 5. The van der Waals surface area contributed by atoms with E-state index in [1.165, 1.54) is 16.9 Å². The number of halogens is 1. The van der Waals surface area contributed by atoms with Crippen LogP contribution in [0.2, 0.25) is 5.02 Å². The maximum Gasteiger partial charge on any atom is 0.275 e. The smallest absolute Gasteiger partial charge is 0.275 e. The van der Waals surface area contributed by atoms with Gasteiger partial charge in [0.15, 0.2) is 6.61 Å². The van der Waals surface area contributed by atoms with Gasteiger partial charge in [0, 0.05) is 40.7 Å². The van der Waals surface area contributed by atoms with Crippen LogP contribution in [0.1, 0.15) is 39.8 Å². The Morgan fingerprint density at radius 2 is 1.82 bits per heavy atom. The van der Waals surface area contributed by atoms with Crippen LogP contribution in [0.15, 0.2) is 78.2 Å². The molecule has 2 amide bonds. The van der Waals surface area contributed by atoms with Gasteiger partial charge >= 0.3 is 0 Å². The summed E-state index contributed by atoms with van der Waals surface area (Å²) < 4.78 is 5.60. The zero-order valence-electron chi connectivity index (χ0n) is 21.0. The second-order valence-corrected chi connectivity index (χ2v) is 10.7. The summed E-state index contributed by atoms with van der Waals surface area (Å²) in [5.74, 6) is 0.530. The summed E-state index contributed by atoms with van der Waals surface area (Å²) in [4.78, 5) is 32.2. The molecule has 1 aliphatic rings. The van der Waals surface area contributed by atoms with Crippen LogP contribution in [-0.2, 0) is 4.79 Å². The number of rotatable bonds is 7. The Bertz CT molecular complexity index is 1430. The molecule has 38 heavy (non-hydrogen) atoms. The third-order valence-electron chi connectivity index (χ3n) is 6.65. The predicted octanol–water partition coefficient (Wildman–Crippen LogP) is 6.81. The quantitative estimate of drug-likeness (QED) is 0.277. The third-order valence-corrected chi connectivity index (χ3v) is 7.89. The summed E-state index contributed by atoms with van der Waals surface area (Å²) in [7, 11) is 0. The van der Waals surface area contributed by atoms with Gasteiger partial charge in [0.25, 0.3) is 11.8 Å². The number of ether oxygens (including phenoxy) is 1. The van der Waals surface area contributed by atoms with Gasteiger partial charge in [-0.05, 0) is 49.6 Å².